The third-order valence-corrected chi connectivity index (χ3v) is 3.41. The first-order valence-electron chi connectivity index (χ1n) is 6.80. The number of carbonyl (C=O) groups excluding carboxylic acids is 1. The van der Waals surface area contributed by atoms with E-state index in [1.807, 2.05) is 20.8 Å². The predicted octanol–water partition coefficient (Wildman–Crippen LogP) is 2.88. The number of ether oxygens (including phenoxy) is 1. The fourth-order valence-corrected chi connectivity index (χ4v) is 2.44. The number of carbonyl (C=O) groups is 1. The summed E-state index contributed by atoms with van der Waals surface area (Å²) < 4.78 is 5.34. The van der Waals surface area contributed by atoms with Crippen LogP contribution >= 0.6 is 0 Å². The molecule has 1 heterocycles. The van der Waals surface area contributed by atoms with E-state index in [0.717, 1.165) is 18.4 Å². The first kappa shape index (κ1) is 14.6. The van der Waals surface area contributed by atoms with Crippen molar-refractivity contribution < 1.29 is 14.5 Å². The second-order valence-corrected chi connectivity index (χ2v) is 6.17. The van der Waals surface area contributed by atoms with Gasteiger partial charge in [0.2, 0.25) is 5.70 Å². The Kier molecular flexibility index (Phi) is 3.83. The van der Waals surface area contributed by atoms with E-state index < -0.39 is 5.60 Å². The molecule has 0 bridgehead atoms. The van der Waals surface area contributed by atoms with E-state index in [4.69, 9.17) is 4.74 Å². The molecule has 0 saturated carbocycles. The molecular weight excluding hydrogens is 260 g/mol. The average molecular weight is 280 g/mol. The number of rotatable bonds is 1. The molecule has 1 aliphatic carbocycles. The summed E-state index contributed by atoms with van der Waals surface area (Å²) in [7, 11) is 0. The van der Waals surface area contributed by atoms with Crippen molar-refractivity contribution in [3.63, 3.8) is 0 Å². The van der Waals surface area contributed by atoms with Crippen molar-refractivity contribution in [3.05, 3.63) is 33.0 Å². The number of hydrogen-bond donors (Lipinski definition) is 0. The fraction of sp³-hybridized carbons (Fsp3) is 0.643. The quantitative estimate of drug-likeness (QED) is 0.547. The Labute approximate surface area is 118 Å². The molecule has 0 aromatic rings. The lowest BCUT2D eigenvalue weighted by atomic mass is 9.90. The molecule has 0 N–H and O–H groups in total. The minimum absolute atomic E-state index is 0.231. The molecule has 0 unspecified atom stereocenters. The Morgan fingerprint density at radius 1 is 1.35 bits per heavy atom. The maximum Gasteiger partial charge on any atom is 0.410 e. The molecule has 6 nitrogen and oxygen atoms in total. The highest BCUT2D eigenvalue weighted by Gasteiger charge is 2.29. The number of allylic oxidation sites excluding steroid dienone is 1. The summed E-state index contributed by atoms with van der Waals surface area (Å²) >= 11 is 0. The smallest absolute Gasteiger partial charge is 0.410 e. The Hall–Kier alpha value is -1.85. The highest BCUT2D eigenvalue weighted by Crippen LogP contribution is 2.30. The van der Waals surface area contributed by atoms with Gasteiger partial charge in [-0.15, -0.1) is 0 Å². The molecular formula is C14H20N2O4. The van der Waals surface area contributed by atoms with Gasteiger partial charge in [-0.05, 0) is 39.2 Å². The van der Waals surface area contributed by atoms with Crippen LogP contribution in [0.4, 0.5) is 4.79 Å². The van der Waals surface area contributed by atoms with E-state index in [1.165, 1.54) is 5.57 Å². The average Bonchev–Trinajstić information content (AvgIpc) is 2.35. The summed E-state index contributed by atoms with van der Waals surface area (Å²) in [6, 6.07) is 0. The molecule has 1 aliphatic heterocycles. The van der Waals surface area contributed by atoms with Crippen molar-refractivity contribution in [2.45, 2.75) is 45.6 Å². The van der Waals surface area contributed by atoms with E-state index >= 15 is 0 Å². The van der Waals surface area contributed by atoms with Crippen molar-refractivity contribution in [1.29, 1.82) is 0 Å². The van der Waals surface area contributed by atoms with Crippen LogP contribution in [-0.4, -0.2) is 34.6 Å². The van der Waals surface area contributed by atoms with Gasteiger partial charge in [-0.3, -0.25) is 10.1 Å². The number of nitro groups is 1. The Morgan fingerprint density at radius 3 is 2.65 bits per heavy atom. The van der Waals surface area contributed by atoms with E-state index in [9.17, 15) is 14.9 Å². The molecule has 0 saturated heterocycles. The lowest BCUT2D eigenvalue weighted by Crippen LogP contribution is -2.41. The van der Waals surface area contributed by atoms with Crippen LogP contribution in [0.1, 0.15) is 40.0 Å². The van der Waals surface area contributed by atoms with Crippen molar-refractivity contribution >= 4 is 6.09 Å². The highest BCUT2D eigenvalue weighted by molar-refractivity contribution is 5.69. The van der Waals surface area contributed by atoms with Crippen LogP contribution in [0.3, 0.4) is 0 Å². The second-order valence-electron chi connectivity index (χ2n) is 6.17. The maximum atomic E-state index is 12.0. The first-order chi connectivity index (χ1) is 9.26. The minimum atomic E-state index is -0.528. The van der Waals surface area contributed by atoms with Crippen molar-refractivity contribution in [2.75, 3.05) is 13.1 Å². The molecule has 2 rings (SSSR count). The summed E-state index contributed by atoms with van der Waals surface area (Å²) in [6.07, 6.45) is 3.25. The van der Waals surface area contributed by atoms with Crippen molar-refractivity contribution in [2.24, 2.45) is 0 Å². The standard InChI is InChI=1S/C14H20N2O4/c1-14(2,3)20-13(17)15-7-6-10-4-5-12(16(18)19)8-11(10)9-15/h8H,4-7,9H2,1-3H3. The Morgan fingerprint density at radius 2 is 2.05 bits per heavy atom. The lowest BCUT2D eigenvalue weighted by molar-refractivity contribution is -0.428. The maximum absolute atomic E-state index is 12.0. The topological polar surface area (TPSA) is 72.7 Å². The summed E-state index contributed by atoms with van der Waals surface area (Å²) in [5.41, 5.74) is 1.84. The molecule has 1 amide bonds. The Balaban J connectivity index is 2.09. The lowest BCUT2D eigenvalue weighted by Gasteiger charge is -2.32. The van der Waals surface area contributed by atoms with Crippen molar-refractivity contribution in [1.82, 2.24) is 4.90 Å². The van der Waals surface area contributed by atoms with Gasteiger partial charge >= 0.3 is 6.09 Å². The molecule has 0 radical (unpaired) electrons. The molecule has 0 fully saturated rings. The molecule has 20 heavy (non-hydrogen) atoms. The van der Waals surface area contributed by atoms with Gasteiger partial charge in [0.1, 0.15) is 5.60 Å². The van der Waals surface area contributed by atoms with Gasteiger partial charge in [0.15, 0.2) is 0 Å². The van der Waals surface area contributed by atoms with Crippen molar-refractivity contribution in [3.8, 4) is 0 Å². The van der Waals surface area contributed by atoms with E-state index in [-0.39, 0.29) is 16.7 Å². The van der Waals surface area contributed by atoms with Crippen LogP contribution in [0.15, 0.2) is 22.9 Å². The normalized spacial score (nSPS) is 19.4. The minimum Gasteiger partial charge on any atom is -0.444 e. The third-order valence-electron chi connectivity index (χ3n) is 3.41. The molecule has 0 aromatic heterocycles. The zero-order chi connectivity index (χ0) is 14.9. The second kappa shape index (κ2) is 5.26. The molecule has 2 aliphatic rings. The van der Waals surface area contributed by atoms with Gasteiger partial charge in [-0.25, -0.2) is 4.79 Å². The zero-order valence-corrected chi connectivity index (χ0v) is 12.1. The van der Waals surface area contributed by atoms with Gasteiger partial charge in [0, 0.05) is 25.6 Å². The Bertz CT molecular complexity index is 500. The fourth-order valence-electron chi connectivity index (χ4n) is 2.44. The largest absolute Gasteiger partial charge is 0.444 e. The van der Waals surface area contributed by atoms with E-state index in [2.05, 4.69) is 0 Å². The molecule has 110 valence electrons. The van der Waals surface area contributed by atoms with Gasteiger partial charge in [0.25, 0.3) is 0 Å². The van der Waals surface area contributed by atoms with Crippen LogP contribution < -0.4 is 0 Å². The molecule has 0 atom stereocenters. The molecule has 0 spiro atoms. The van der Waals surface area contributed by atoms with Crippen LogP contribution in [0.25, 0.3) is 0 Å². The number of nitrogens with zero attached hydrogens (tertiary/aromatic N) is 2. The SMILES string of the molecule is CC(C)(C)OC(=O)N1CCC2=C(C=C([N+](=O)[O-])CC2)C1. The summed E-state index contributed by atoms with van der Waals surface area (Å²) in [5.74, 6) is 0. The summed E-state index contributed by atoms with van der Waals surface area (Å²) in [6.45, 7) is 6.50. The zero-order valence-electron chi connectivity index (χ0n) is 12.1. The van der Waals surface area contributed by atoms with Crippen LogP contribution in [0.5, 0.6) is 0 Å². The van der Waals surface area contributed by atoms with E-state index in [0.29, 0.717) is 19.5 Å². The summed E-state index contributed by atoms with van der Waals surface area (Å²) in [5, 5.41) is 10.8. The van der Waals surface area contributed by atoms with Gasteiger partial charge in [-0.1, -0.05) is 5.57 Å². The highest BCUT2D eigenvalue weighted by atomic mass is 16.6. The van der Waals surface area contributed by atoms with Gasteiger partial charge in [0.05, 0.1) is 4.92 Å². The number of hydrogen-bond acceptors (Lipinski definition) is 4. The summed E-state index contributed by atoms with van der Waals surface area (Å²) in [4.78, 5) is 24.1. The van der Waals surface area contributed by atoms with Crippen LogP contribution in [-0.2, 0) is 4.74 Å². The molecule has 6 heteroatoms. The third kappa shape index (κ3) is 3.37. The van der Waals surface area contributed by atoms with Gasteiger partial charge < -0.3 is 9.64 Å². The number of amides is 1. The molecule has 0 aromatic carbocycles. The monoisotopic (exact) mass is 280 g/mol. The first-order valence-corrected chi connectivity index (χ1v) is 6.80. The predicted molar refractivity (Wildman–Crippen MR) is 73.8 cm³/mol. The van der Waals surface area contributed by atoms with Gasteiger partial charge in [-0.2, -0.15) is 0 Å². The van der Waals surface area contributed by atoms with Crippen LogP contribution in [0.2, 0.25) is 0 Å². The van der Waals surface area contributed by atoms with Crippen LogP contribution in [0, 0.1) is 10.1 Å². The van der Waals surface area contributed by atoms with E-state index in [1.54, 1.807) is 11.0 Å².